The first-order valence-corrected chi connectivity index (χ1v) is 8.31. The van der Waals surface area contributed by atoms with E-state index in [1.54, 1.807) is 18.2 Å². The summed E-state index contributed by atoms with van der Waals surface area (Å²) in [5, 5.41) is 12.5. The quantitative estimate of drug-likeness (QED) is 0.604. The van der Waals surface area contributed by atoms with Crippen molar-refractivity contribution in [1.82, 2.24) is 9.55 Å². The SMILES string of the molecule is NC(=O)Cn1c(CO)cnc1SCC(=O)Nc1ccc2c(c1)OCO2. The van der Waals surface area contributed by atoms with Gasteiger partial charge in [0.1, 0.15) is 6.54 Å². The smallest absolute Gasteiger partial charge is 0.237 e. The van der Waals surface area contributed by atoms with Crippen LogP contribution in [0, 0.1) is 0 Å². The molecule has 0 atom stereocenters. The number of primary amides is 1. The van der Waals surface area contributed by atoms with Gasteiger partial charge >= 0.3 is 0 Å². The number of rotatable bonds is 7. The topological polar surface area (TPSA) is 129 Å². The Morgan fingerprint density at radius 2 is 2.16 bits per heavy atom. The Morgan fingerprint density at radius 3 is 2.92 bits per heavy atom. The number of nitrogens with zero attached hydrogens (tertiary/aromatic N) is 2. The molecule has 0 saturated heterocycles. The van der Waals surface area contributed by atoms with E-state index in [-0.39, 0.29) is 31.6 Å². The maximum atomic E-state index is 12.1. The molecule has 1 aromatic heterocycles. The molecule has 0 fully saturated rings. The first-order chi connectivity index (χ1) is 12.1. The van der Waals surface area contributed by atoms with Crippen LogP contribution in [0.2, 0.25) is 0 Å². The predicted octanol–water partition coefficient (Wildman–Crippen LogP) is 0.320. The number of aromatic nitrogens is 2. The van der Waals surface area contributed by atoms with Gasteiger partial charge in [-0.05, 0) is 12.1 Å². The van der Waals surface area contributed by atoms with E-state index in [0.717, 1.165) is 11.8 Å². The lowest BCUT2D eigenvalue weighted by Gasteiger charge is -2.09. The molecule has 3 rings (SSSR count). The van der Waals surface area contributed by atoms with Crippen LogP contribution in [0.3, 0.4) is 0 Å². The average molecular weight is 364 g/mol. The molecule has 25 heavy (non-hydrogen) atoms. The number of carbonyl (C=O) groups is 2. The largest absolute Gasteiger partial charge is 0.454 e. The third-order valence-electron chi connectivity index (χ3n) is 3.37. The molecule has 9 nitrogen and oxygen atoms in total. The van der Waals surface area contributed by atoms with Gasteiger partial charge in [-0.15, -0.1) is 0 Å². The third kappa shape index (κ3) is 4.03. The zero-order chi connectivity index (χ0) is 17.8. The van der Waals surface area contributed by atoms with Gasteiger partial charge in [-0.1, -0.05) is 11.8 Å². The molecule has 0 spiro atoms. The highest BCUT2D eigenvalue weighted by molar-refractivity contribution is 7.99. The molecule has 1 aliphatic heterocycles. The summed E-state index contributed by atoms with van der Waals surface area (Å²) in [7, 11) is 0. The minimum Gasteiger partial charge on any atom is -0.454 e. The van der Waals surface area contributed by atoms with Crippen LogP contribution < -0.4 is 20.5 Å². The molecule has 2 aromatic rings. The summed E-state index contributed by atoms with van der Waals surface area (Å²) in [6.45, 7) is -0.218. The van der Waals surface area contributed by atoms with Crippen LogP contribution >= 0.6 is 11.8 Å². The second-order valence-electron chi connectivity index (χ2n) is 5.15. The van der Waals surface area contributed by atoms with Gasteiger partial charge in [-0.2, -0.15) is 0 Å². The van der Waals surface area contributed by atoms with Crippen LogP contribution in [-0.2, 0) is 22.7 Å². The van der Waals surface area contributed by atoms with E-state index in [9.17, 15) is 14.7 Å². The molecule has 10 heteroatoms. The van der Waals surface area contributed by atoms with E-state index >= 15 is 0 Å². The van der Waals surface area contributed by atoms with Crippen LogP contribution in [0.25, 0.3) is 0 Å². The Labute approximate surface area is 147 Å². The number of hydrogen-bond donors (Lipinski definition) is 3. The fraction of sp³-hybridized carbons (Fsp3) is 0.267. The predicted molar refractivity (Wildman–Crippen MR) is 89.3 cm³/mol. The Kier molecular flexibility index (Phi) is 5.10. The second-order valence-corrected chi connectivity index (χ2v) is 6.09. The van der Waals surface area contributed by atoms with Gasteiger partial charge in [0.05, 0.1) is 24.3 Å². The van der Waals surface area contributed by atoms with Crippen LogP contribution in [0.1, 0.15) is 5.69 Å². The molecule has 0 aliphatic carbocycles. The van der Waals surface area contributed by atoms with E-state index in [1.165, 1.54) is 10.8 Å². The van der Waals surface area contributed by atoms with E-state index in [2.05, 4.69) is 10.3 Å². The third-order valence-corrected chi connectivity index (χ3v) is 4.36. The first kappa shape index (κ1) is 17.1. The van der Waals surface area contributed by atoms with E-state index in [0.29, 0.717) is 28.0 Å². The van der Waals surface area contributed by atoms with Crippen molar-refractivity contribution in [3.63, 3.8) is 0 Å². The van der Waals surface area contributed by atoms with Gasteiger partial charge in [0.25, 0.3) is 0 Å². The Balaban J connectivity index is 1.61. The average Bonchev–Trinajstić information content (AvgIpc) is 3.18. The van der Waals surface area contributed by atoms with Crippen molar-refractivity contribution in [2.75, 3.05) is 17.9 Å². The molecule has 132 valence electrons. The van der Waals surface area contributed by atoms with Crippen molar-refractivity contribution in [3.05, 3.63) is 30.1 Å². The molecular formula is C15H16N4O5S. The highest BCUT2D eigenvalue weighted by Crippen LogP contribution is 2.34. The molecule has 0 bridgehead atoms. The van der Waals surface area contributed by atoms with Crippen LogP contribution in [0.15, 0.2) is 29.6 Å². The molecule has 2 heterocycles. The van der Waals surface area contributed by atoms with Crippen molar-refractivity contribution in [1.29, 1.82) is 0 Å². The minimum atomic E-state index is -0.556. The van der Waals surface area contributed by atoms with Crippen LogP contribution in [-0.4, -0.2) is 39.0 Å². The van der Waals surface area contributed by atoms with Gasteiger partial charge in [-0.25, -0.2) is 4.98 Å². The first-order valence-electron chi connectivity index (χ1n) is 7.32. The van der Waals surface area contributed by atoms with Crippen LogP contribution in [0.5, 0.6) is 11.5 Å². The number of fused-ring (bicyclic) bond motifs is 1. The lowest BCUT2D eigenvalue weighted by molar-refractivity contribution is -0.118. The van der Waals surface area contributed by atoms with Crippen molar-refractivity contribution < 1.29 is 24.2 Å². The van der Waals surface area contributed by atoms with Crippen molar-refractivity contribution in [2.45, 2.75) is 18.3 Å². The number of benzene rings is 1. The second kappa shape index (κ2) is 7.45. The zero-order valence-corrected chi connectivity index (χ0v) is 13.9. The van der Waals surface area contributed by atoms with Gasteiger partial charge in [0, 0.05) is 11.8 Å². The fourth-order valence-corrected chi connectivity index (χ4v) is 3.06. The maximum absolute atomic E-state index is 12.1. The highest BCUT2D eigenvalue weighted by Gasteiger charge is 2.16. The van der Waals surface area contributed by atoms with Gasteiger partial charge in [0.15, 0.2) is 16.7 Å². The number of nitrogens with two attached hydrogens (primary N) is 1. The number of amides is 2. The van der Waals surface area contributed by atoms with Crippen molar-refractivity contribution >= 4 is 29.3 Å². The van der Waals surface area contributed by atoms with Gasteiger partial charge in [0.2, 0.25) is 18.6 Å². The molecule has 0 unspecified atom stereocenters. The molecule has 0 radical (unpaired) electrons. The van der Waals surface area contributed by atoms with Gasteiger partial charge < -0.3 is 30.2 Å². The highest BCUT2D eigenvalue weighted by atomic mass is 32.2. The number of imidazole rings is 1. The summed E-state index contributed by atoms with van der Waals surface area (Å²) in [5.41, 5.74) is 6.24. The molecule has 0 saturated carbocycles. The maximum Gasteiger partial charge on any atom is 0.237 e. The van der Waals surface area contributed by atoms with E-state index in [4.69, 9.17) is 15.2 Å². The van der Waals surface area contributed by atoms with E-state index < -0.39 is 5.91 Å². The summed E-state index contributed by atoms with van der Waals surface area (Å²) >= 11 is 1.14. The molecule has 1 aliphatic rings. The van der Waals surface area contributed by atoms with Crippen molar-refractivity contribution in [3.8, 4) is 11.5 Å². The lowest BCUT2D eigenvalue weighted by atomic mass is 10.3. The summed E-state index contributed by atoms with van der Waals surface area (Å²) in [5.74, 6) is 0.490. The molecule has 2 amide bonds. The van der Waals surface area contributed by atoms with E-state index in [1.807, 2.05) is 0 Å². The number of nitrogens with one attached hydrogen (secondary N) is 1. The standard InChI is InChI=1S/C15H16N4O5S/c16-13(21)5-19-10(6-20)4-17-15(19)25-7-14(22)18-9-1-2-11-12(3-9)24-8-23-11/h1-4,20H,5-8H2,(H2,16,21)(H,18,22). The molecule has 1 aromatic carbocycles. The molecular weight excluding hydrogens is 348 g/mol. The number of hydrogen-bond acceptors (Lipinski definition) is 7. The van der Waals surface area contributed by atoms with Crippen molar-refractivity contribution in [2.24, 2.45) is 5.73 Å². The number of thioether (sulfide) groups is 1. The number of ether oxygens (including phenoxy) is 2. The number of carbonyl (C=O) groups excluding carboxylic acids is 2. The summed E-state index contributed by atoms with van der Waals surface area (Å²) in [6, 6.07) is 5.12. The summed E-state index contributed by atoms with van der Waals surface area (Å²) in [4.78, 5) is 27.4. The van der Waals surface area contributed by atoms with Gasteiger partial charge in [-0.3, -0.25) is 9.59 Å². The number of aliphatic hydroxyl groups excluding tert-OH is 1. The number of anilines is 1. The number of aliphatic hydroxyl groups is 1. The summed E-state index contributed by atoms with van der Waals surface area (Å²) in [6.07, 6.45) is 1.45. The lowest BCUT2D eigenvalue weighted by Crippen LogP contribution is -2.21. The Hall–Kier alpha value is -2.72. The fourth-order valence-electron chi connectivity index (χ4n) is 2.26. The molecule has 4 N–H and O–H groups in total. The summed E-state index contributed by atoms with van der Waals surface area (Å²) < 4.78 is 12.0. The Morgan fingerprint density at radius 1 is 1.36 bits per heavy atom. The Bertz CT molecular complexity index is 807. The van der Waals surface area contributed by atoms with Crippen LogP contribution in [0.4, 0.5) is 5.69 Å². The monoisotopic (exact) mass is 364 g/mol. The normalized spacial score (nSPS) is 12.2. The minimum absolute atomic E-state index is 0.0785. The zero-order valence-electron chi connectivity index (χ0n) is 13.1.